The van der Waals surface area contributed by atoms with Gasteiger partial charge in [-0.1, -0.05) is 12.1 Å². The molecular weight excluding hydrogens is 288 g/mol. The Hall–Kier alpha value is -2.60. The zero-order valence-electron chi connectivity index (χ0n) is 12.0. The average molecular weight is 302 g/mol. The summed E-state index contributed by atoms with van der Waals surface area (Å²) in [7, 11) is 1.54. The molecule has 2 unspecified atom stereocenters. The van der Waals surface area contributed by atoms with Crippen molar-refractivity contribution in [2.75, 3.05) is 7.11 Å². The Morgan fingerprint density at radius 1 is 1.23 bits per heavy atom. The maximum Gasteiger partial charge on any atom is 0.350 e. The van der Waals surface area contributed by atoms with E-state index in [1.165, 1.54) is 13.2 Å². The maximum absolute atomic E-state index is 12.3. The Kier molecular flexibility index (Phi) is 3.46. The van der Waals surface area contributed by atoms with Gasteiger partial charge >= 0.3 is 5.63 Å². The average Bonchev–Trinajstić information content (AvgIpc) is 2.83. The van der Waals surface area contributed by atoms with Gasteiger partial charge in [0.25, 0.3) is 0 Å². The van der Waals surface area contributed by atoms with Gasteiger partial charge in [-0.2, -0.15) is 0 Å². The number of Topliss-reactive ketones (excluding diaryl/α,β-unsaturated/α-hetero) is 1. The van der Waals surface area contributed by atoms with Crippen LogP contribution in [0, 0.1) is 6.92 Å². The van der Waals surface area contributed by atoms with Gasteiger partial charge in [-0.25, -0.2) is 4.79 Å². The first-order valence-electron chi connectivity index (χ1n) is 6.69. The van der Waals surface area contributed by atoms with Crippen LogP contribution in [0.2, 0.25) is 0 Å². The molecule has 0 amide bonds. The number of carbonyl (C=O) groups excluding carboxylic acids is 1. The standard InChI is InChI=1S/C16H14O6/c1-8-7-11-12(16(19)21-8)14(18)15(22-11)13(17)9-3-5-10(20-2)6-4-9/h3-7,13,15,17H,1-2H3. The number of methoxy groups -OCH3 is 1. The zero-order chi connectivity index (χ0) is 15.9. The molecule has 0 fully saturated rings. The number of aliphatic hydroxyl groups excluding tert-OH is 1. The third-order valence-corrected chi connectivity index (χ3v) is 3.54. The normalized spacial score (nSPS) is 17.8. The van der Waals surface area contributed by atoms with Crippen molar-refractivity contribution in [3.8, 4) is 11.5 Å². The minimum atomic E-state index is -1.19. The van der Waals surface area contributed by atoms with Crippen LogP contribution in [0.5, 0.6) is 11.5 Å². The smallest absolute Gasteiger partial charge is 0.350 e. The molecule has 22 heavy (non-hydrogen) atoms. The van der Waals surface area contributed by atoms with E-state index in [0.29, 0.717) is 17.1 Å². The van der Waals surface area contributed by atoms with Crippen LogP contribution in [0.25, 0.3) is 0 Å². The number of benzene rings is 1. The van der Waals surface area contributed by atoms with Crippen molar-refractivity contribution in [3.63, 3.8) is 0 Å². The highest BCUT2D eigenvalue weighted by Crippen LogP contribution is 2.33. The zero-order valence-corrected chi connectivity index (χ0v) is 12.0. The van der Waals surface area contributed by atoms with E-state index in [4.69, 9.17) is 13.9 Å². The van der Waals surface area contributed by atoms with Crippen LogP contribution in [-0.4, -0.2) is 24.1 Å². The van der Waals surface area contributed by atoms with Crippen molar-refractivity contribution in [2.24, 2.45) is 0 Å². The summed E-state index contributed by atoms with van der Waals surface area (Å²) < 4.78 is 15.4. The van der Waals surface area contributed by atoms with E-state index in [0.717, 1.165) is 0 Å². The quantitative estimate of drug-likeness (QED) is 0.927. The first-order chi connectivity index (χ1) is 10.5. The second-order valence-corrected chi connectivity index (χ2v) is 5.00. The SMILES string of the molecule is COc1ccc(C(O)C2Oc3cc(C)oc(=O)c3C2=O)cc1. The van der Waals surface area contributed by atoms with Crippen molar-refractivity contribution in [2.45, 2.75) is 19.1 Å². The lowest BCUT2D eigenvalue weighted by Gasteiger charge is -2.17. The second-order valence-electron chi connectivity index (χ2n) is 5.00. The summed E-state index contributed by atoms with van der Waals surface area (Å²) in [4.78, 5) is 24.1. The molecule has 3 rings (SSSR count). The molecule has 1 N–H and O–H groups in total. The topological polar surface area (TPSA) is 86.0 Å². The van der Waals surface area contributed by atoms with Gasteiger partial charge in [0.2, 0.25) is 5.78 Å². The molecule has 0 saturated carbocycles. The molecule has 0 bridgehead atoms. The number of ether oxygens (including phenoxy) is 2. The molecule has 1 aromatic carbocycles. The van der Waals surface area contributed by atoms with E-state index in [1.807, 2.05) is 0 Å². The third kappa shape index (κ3) is 2.27. The van der Waals surface area contributed by atoms with E-state index in [-0.39, 0.29) is 11.3 Å². The molecule has 6 nitrogen and oxygen atoms in total. The van der Waals surface area contributed by atoms with Crippen LogP contribution in [0.15, 0.2) is 39.5 Å². The number of rotatable bonds is 3. The van der Waals surface area contributed by atoms with E-state index in [9.17, 15) is 14.7 Å². The molecule has 114 valence electrons. The summed E-state index contributed by atoms with van der Waals surface area (Å²) in [6.07, 6.45) is -2.35. The first-order valence-corrected chi connectivity index (χ1v) is 6.69. The van der Waals surface area contributed by atoms with Crippen LogP contribution >= 0.6 is 0 Å². The molecular formula is C16H14O6. The van der Waals surface area contributed by atoms with Crippen molar-refractivity contribution >= 4 is 5.78 Å². The highest BCUT2D eigenvalue weighted by Gasteiger charge is 2.41. The van der Waals surface area contributed by atoms with E-state index < -0.39 is 23.6 Å². The Balaban J connectivity index is 1.92. The summed E-state index contributed by atoms with van der Waals surface area (Å²) in [5.41, 5.74) is -0.402. The fourth-order valence-electron chi connectivity index (χ4n) is 2.42. The number of aliphatic hydroxyl groups is 1. The van der Waals surface area contributed by atoms with Gasteiger partial charge in [0.05, 0.1) is 7.11 Å². The number of hydrogen-bond acceptors (Lipinski definition) is 6. The Bertz CT molecular complexity index is 774. The summed E-state index contributed by atoms with van der Waals surface area (Å²) in [5, 5.41) is 10.4. The molecule has 1 aromatic heterocycles. The van der Waals surface area contributed by atoms with Crippen molar-refractivity contribution in [1.82, 2.24) is 0 Å². The molecule has 1 aliphatic rings. The van der Waals surface area contributed by atoms with Crippen LogP contribution in [0.3, 0.4) is 0 Å². The highest BCUT2D eigenvalue weighted by atomic mass is 16.5. The lowest BCUT2D eigenvalue weighted by Crippen LogP contribution is -2.30. The second kappa shape index (κ2) is 5.31. The lowest BCUT2D eigenvalue weighted by atomic mass is 10.00. The van der Waals surface area contributed by atoms with Crippen LogP contribution in [0.4, 0.5) is 0 Å². The monoisotopic (exact) mass is 302 g/mol. The van der Waals surface area contributed by atoms with Crippen LogP contribution < -0.4 is 15.1 Å². The maximum atomic E-state index is 12.3. The molecule has 0 saturated heterocycles. The molecule has 1 aliphatic heterocycles. The van der Waals surface area contributed by atoms with Crippen molar-refractivity contribution in [1.29, 1.82) is 0 Å². The molecule has 2 aromatic rings. The summed E-state index contributed by atoms with van der Waals surface area (Å²) in [5.74, 6) is 0.550. The third-order valence-electron chi connectivity index (χ3n) is 3.54. The lowest BCUT2D eigenvalue weighted by molar-refractivity contribution is 0.0407. The molecule has 6 heteroatoms. The largest absolute Gasteiger partial charge is 0.497 e. The molecule has 2 atom stereocenters. The van der Waals surface area contributed by atoms with Gasteiger partial charge in [-0.15, -0.1) is 0 Å². The van der Waals surface area contributed by atoms with Crippen molar-refractivity contribution < 1.29 is 23.8 Å². The number of fused-ring (bicyclic) bond motifs is 1. The number of aryl methyl sites for hydroxylation is 1. The number of hydrogen-bond donors (Lipinski definition) is 1. The number of carbonyl (C=O) groups is 1. The minimum Gasteiger partial charge on any atom is -0.497 e. The molecule has 0 aliphatic carbocycles. The van der Waals surface area contributed by atoms with Crippen LogP contribution in [0.1, 0.15) is 27.8 Å². The fourth-order valence-corrected chi connectivity index (χ4v) is 2.42. The summed E-state index contributed by atoms with van der Waals surface area (Å²) in [6, 6.07) is 8.08. The summed E-state index contributed by atoms with van der Waals surface area (Å²) in [6.45, 7) is 1.59. The number of ketones is 1. The fraction of sp³-hybridized carbons (Fsp3) is 0.250. The predicted octanol–water partition coefficient (Wildman–Crippen LogP) is 1.63. The molecule has 0 spiro atoms. The highest BCUT2D eigenvalue weighted by molar-refractivity contribution is 6.04. The van der Waals surface area contributed by atoms with E-state index >= 15 is 0 Å². The predicted molar refractivity (Wildman–Crippen MR) is 76.4 cm³/mol. The molecule has 0 radical (unpaired) electrons. The van der Waals surface area contributed by atoms with Gasteiger partial charge in [0.15, 0.2) is 6.10 Å². The van der Waals surface area contributed by atoms with Gasteiger partial charge in [0, 0.05) is 6.07 Å². The molecule has 2 heterocycles. The van der Waals surface area contributed by atoms with Gasteiger partial charge in [-0.3, -0.25) is 4.79 Å². The van der Waals surface area contributed by atoms with Gasteiger partial charge < -0.3 is 19.0 Å². The van der Waals surface area contributed by atoms with E-state index in [1.54, 1.807) is 31.2 Å². The van der Waals surface area contributed by atoms with Gasteiger partial charge in [-0.05, 0) is 24.6 Å². The van der Waals surface area contributed by atoms with Gasteiger partial charge in [0.1, 0.15) is 28.9 Å². The van der Waals surface area contributed by atoms with Crippen LogP contribution in [-0.2, 0) is 0 Å². The van der Waals surface area contributed by atoms with Crippen molar-refractivity contribution in [3.05, 3.63) is 57.6 Å². The Labute approximate surface area is 125 Å². The Morgan fingerprint density at radius 2 is 1.91 bits per heavy atom. The minimum absolute atomic E-state index is 0.149. The Morgan fingerprint density at radius 3 is 2.55 bits per heavy atom. The van der Waals surface area contributed by atoms with E-state index in [2.05, 4.69) is 0 Å². The first kappa shape index (κ1) is 14.3. The summed E-state index contributed by atoms with van der Waals surface area (Å²) >= 11 is 0.